The number of benzene rings is 2. The number of ether oxygens (including phenoxy) is 1. The van der Waals surface area contributed by atoms with E-state index < -0.39 is 11.2 Å². The number of carbonyl (C=O) groups excluding carboxylic acids is 1. The molecule has 1 saturated heterocycles. The Morgan fingerprint density at radius 2 is 2.09 bits per heavy atom. The molecular formula is C16H13ClFNO2S. The Hall–Kier alpha value is -1.72. The molecule has 2 aromatic rings. The zero-order valence-corrected chi connectivity index (χ0v) is 13.3. The second-order valence-corrected chi connectivity index (χ2v) is 6.24. The predicted molar refractivity (Wildman–Crippen MR) is 87.1 cm³/mol. The van der Waals surface area contributed by atoms with Crippen molar-refractivity contribution in [1.82, 2.24) is 0 Å². The monoisotopic (exact) mass is 337 g/mol. The lowest BCUT2D eigenvalue weighted by atomic mass is 10.1. The molecule has 0 bridgehead atoms. The van der Waals surface area contributed by atoms with Crippen molar-refractivity contribution in [3.8, 4) is 5.75 Å². The molecule has 1 atom stereocenters. The van der Waals surface area contributed by atoms with Gasteiger partial charge in [0.1, 0.15) is 16.9 Å². The zero-order chi connectivity index (χ0) is 15.7. The van der Waals surface area contributed by atoms with Gasteiger partial charge in [-0.05, 0) is 24.3 Å². The fourth-order valence-corrected chi connectivity index (χ4v) is 3.99. The van der Waals surface area contributed by atoms with Gasteiger partial charge >= 0.3 is 0 Å². The van der Waals surface area contributed by atoms with Crippen molar-refractivity contribution in [1.29, 1.82) is 0 Å². The van der Waals surface area contributed by atoms with Crippen LogP contribution < -0.4 is 9.64 Å². The maximum atomic E-state index is 14.2. The standard InChI is InChI=1S/C16H13ClFNO2S/c1-21-11-5-2-4-10(8-11)19-14(20)9-22-16(19)15-12(17)6-3-7-13(15)18/h2-8,16H,9H2,1H3. The summed E-state index contributed by atoms with van der Waals surface area (Å²) in [6, 6.07) is 11.7. The number of amides is 1. The Labute approximate surface area is 137 Å². The van der Waals surface area contributed by atoms with Crippen LogP contribution in [0, 0.1) is 5.82 Å². The van der Waals surface area contributed by atoms with Gasteiger partial charge in [-0.2, -0.15) is 0 Å². The summed E-state index contributed by atoms with van der Waals surface area (Å²) in [6.07, 6.45) is 0. The van der Waals surface area contributed by atoms with Gasteiger partial charge in [0.05, 0.1) is 12.9 Å². The van der Waals surface area contributed by atoms with Crippen LogP contribution in [0.4, 0.5) is 10.1 Å². The molecule has 6 heteroatoms. The van der Waals surface area contributed by atoms with Gasteiger partial charge in [-0.15, -0.1) is 11.8 Å². The first-order valence-corrected chi connectivity index (χ1v) is 8.06. The molecule has 2 aromatic carbocycles. The molecule has 1 amide bonds. The average Bonchev–Trinajstić information content (AvgIpc) is 2.89. The highest BCUT2D eigenvalue weighted by Crippen LogP contribution is 2.45. The number of halogens is 2. The SMILES string of the molecule is COc1cccc(N2C(=O)CSC2c2c(F)cccc2Cl)c1. The van der Waals surface area contributed by atoms with E-state index in [0.717, 1.165) is 0 Å². The van der Waals surface area contributed by atoms with Crippen molar-refractivity contribution in [3.05, 3.63) is 58.9 Å². The van der Waals surface area contributed by atoms with Gasteiger partial charge in [0.25, 0.3) is 0 Å². The van der Waals surface area contributed by atoms with E-state index in [1.807, 2.05) is 0 Å². The Balaban J connectivity index is 2.06. The van der Waals surface area contributed by atoms with Gasteiger partial charge in [0, 0.05) is 22.3 Å². The van der Waals surface area contributed by atoms with Crippen LogP contribution in [0.5, 0.6) is 5.75 Å². The maximum absolute atomic E-state index is 14.2. The van der Waals surface area contributed by atoms with Crippen molar-refractivity contribution < 1.29 is 13.9 Å². The minimum absolute atomic E-state index is 0.0810. The third kappa shape index (κ3) is 2.66. The minimum atomic E-state index is -0.478. The molecule has 1 aliphatic heterocycles. The van der Waals surface area contributed by atoms with Gasteiger partial charge < -0.3 is 4.74 Å². The van der Waals surface area contributed by atoms with Crippen molar-refractivity contribution in [2.75, 3.05) is 17.8 Å². The Morgan fingerprint density at radius 3 is 2.82 bits per heavy atom. The van der Waals surface area contributed by atoms with Crippen LogP contribution in [0.15, 0.2) is 42.5 Å². The van der Waals surface area contributed by atoms with E-state index in [4.69, 9.17) is 16.3 Å². The lowest BCUT2D eigenvalue weighted by Gasteiger charge is -2.25. The summed E-state index contributed by atoms with van der Waals surface area (Å²) < 4.78 is 19.4. The lowest BCUT2D eigenvalue weighted by Crippen LogP contribution is -2.28. The summed E-state index contributed by atoms with van der Waals surface area (Å²) in [6.45, 7) is 0. The second kappa shape index (κ2) is 6.18. The number of hydrogen-bond donors (Lipinski definition) is 0. The Morgan fingerprint density at radius 1 is 1.32 bits per heavy atom. The second-order valence-electron chi connectivity index (χ2n) is 4.76. The normalized spacial score (nSPS) is 17.9. The molecular weight excluding hydrogens is 325 g/mol. The average molecular weight is 338 g/mol. The van der Waals surface area contributed by atoms with Crippen LogP contribution in [0.1, 0.15) is 10.9 Å². The van der Waals surface area contributed by atoms with Gasteiger partial charge in [-0.1, -0.05) is 23.7 Å². The quantitative estimate of drug-likeness (QED) is 0.837. The van der Waals surface area contributed by atoms with E-state index in [0.29, 0.717) is 22.0 Å². The van der Waals surface area contributed by atoms with Crippen molar-refractivity contribution in [2.45, 2.75) is 5.37 Å². The van der Waals surface area contributed by atoms with Crippen molar-refractivity contribution in [3.63, 3.8) is 0 Å². The number of nitrogens with zero attached hydrogens (tertiary/aromatic N) is 1. The van der Waals surface area contributed by atoms with E-state index in [2.05, 4.69) is 0 Å². The highest BCUT2D eigenvalue weighted by molar-refractivity contribution is 8.00. The number of hydrogen-bond acceptors (Lipinski definition) is 3. The molecule has 0 radical (unpaired) electrons. The molecule has 1 unspecified atom stereocenters. The Kier molecular flexibility index (Phi) is 4.27. The number of anilines is 1. The first-order chi connectivity index (χ1) is 10.6. The van der Waals surface area contributed by atoms with E-state index in [1.54, 1.807) is 48.4 Å². The predicted octanol–water partition coefficient (Wildman–Crippen LogP) is 4.27. The highest BCUT2D eigenvalue weighted by atomic mass is 35.5. The molecule has 0 N–H and O–H groups in total. The van der Waals surface area contributed by atoms with Crippen molar-refractivity contribution >= 4 is 35.0 Å². The maximum Gasteiger partial charge on any atom is 0.238 e. The van der Waals surface area contributed by atoms with Gasteiger partial charge in [-0.3, -0.25) is 9.69 Å². The summed E-state index contributed by atoms with van der Waals surface area (Å²) in [4.78, 5) is 13.8. The van der Waals surface area contributed by atoms with Crippen molar-refractivity contribution in [2.24, 2.45) is 0 Å². The molecule has 1 heterocycles. The molecule has 0 aromatic heterocycles. The third-order valence-corrected chi connectivity index (χ3v) is 4.95. The van der Waals surface area contributed by atoms with Crippen LogP contribution in [0.25, 0.3) is 0 Å². The summed E-state index contributed by atoms with van der Waals surface area (Å²) in [5, 5.41) is -0.159. The molecule has 3 rings (SSSR count). The number of thioether (sulfide) groups is 1. The van der Waals surface area contributed by atoms with Crippen LogP contribution in [0.3, 0.4) is 0 Å². The van der Waals surface area contributed by atoms with E-state index in [1.165, 1.54) is 17.8 Å². The molecule has 1 fully saturated rings. The fourth-order valence-electron chi connectivity index (χ4n) is 2.42. The molecule has 22 heavy (non-hydrogen) atoms. The molecule has 3 nitrogen and oxygen atoms in total. The molecule has 0 saturated carbocycles. The molecule has 1 aliphatic rings. The van der Waals surface area contributed by atoms with Gasteiger partial charge in [0.2, 0.25) is 5.91 Å². The van der Waals surface area contributed by atoms with Crippen LogP contribution in [-0.4, -0.2) is 18.8 Å². The van der Waals surface area contributed by atoms with Crippen LogP contribution >= 0.6 is 23.4 Å². The number of rotatable bonds is 3. The van der Waals surface area contributed by atoms with E-state index in [9.17, 15) is 9.18 Å². The minimum Gasteiger partial charge on any atom is -0.497 e. The third-order valence-electron chi connectivity index (χ3n) is 3.45. The number of methoxy groups -OCH3 is 1. The van der Waals surface area contributed by atoms with Gasteiger partial charge in [-0.25, -0.2) is 4.39 Å². The smallest absolute Gasteiger partial charge is 0.238 e. The van der Waals surface area contributed by atoms with E-state index >= 15 is 0 Å². The summed E-state index contributed by atoms with van der Waals surface area (Å²) in [5.41, 5.74) is 1.00. The highest BCUT2D eigenvalue weighted by Gasteiger charge is 2.36. The van der Waals surface area contributed by atoms with E-state index in [-0.39, 0.29) is 11.7 Å². The molecule has 0 spiro atoms. The molecule has 0 aliphatic carbocycles. The topological polar surface area (TPSA) is 29.5 Å². The summed E-state index contributed by atoms with van der Waals surface area (Å²) in [7, 11) is 1.56. The largest absolute Gasteiger partial charge is 0.497 e. The number of carbonyl (C=O) groups is 1. The van der Waals surface area contributed by atoms with Crippen LogP contribution in [0.2, 0.25) is 5.02 Å². The molecule has 114 valence electrons. The van der Waals surface area contributed by atoms with Crippen LogP contribution in [-0.2, 0) is 4.79 Å². The summed E-state index contributed by atoms with van der Waals surface area (Å²) in [5.74, 6) is 0.433. The summed E-state index contributed by atoms with van der Waals surface area (Å²) >= 11 is 7.51. The van der Waals surface area contributed by atoms with Gasteiger partial charge in [0.15, 0.2) is 0 Å². The fraction of sp³-hybridized carbons (Fsp3) is 0.188. The first-order valence-electron chi connectivity index (χ1n) is 6.63. The lowest BCUT2D eigenvalue weighted by molar-refractivity contribution is -0.115. The Bertz CT molecular complexity index is 705. The zero-order valence-electron chi connectivity index (χ0n) is 11.8. The first kappa shape index (κ1) is 15.2.